The van der Waals surface area contributed by atoms with Gasteiger partial charge in [0.2, 0.25) is 0 Å². The molecule has 18 heavy (non-hydrogen) atoms. The van der Waals surface area contributed by atoms with Gasteiger partial charge in [-0.05, 0) is 30.7 Å². The largest absolute Gasteiger partial charge is 0.397 e. The van der Waals surface area contributed by atoms with Crippen LogP contribution in [0.3, 0.4) is 0 Å². The number of nitrogens with one attached hydrogen (secondary N) is 1. The van der Waals surface area contributed by atoms with E-state index in [-0.39, 0.29) is 0 Å². The van der Waals surface area contributed by atoms with Crippen molar-refractivity contribution in [2.24, 2.45) is 0 Å². The first-order valence-electron chi connectivity index (χ1n) is 5.25. The highest BCUT2D eigenvalue weighted by molar-refractivity contribution is 6.44. The highest BCUT2D eigenvalue weighted by atomic mass is 35.5. The molecule has 0 unspecified atom stereocenters. The second-order valence-electron chi connectivity index (χ2n) is 3.91. The summed E-state index contributed by atoms with van der Waals surface area (Å²) in [5.41, 5.74) is 9.12. The lowest BCUT2D eigenvalue weighted by molar-refractivity contribution is 1.45. The zero-order chi connectivity index (χ0) is 13.3. The van der Waals surface area contributed by atoms with Crippen LogP contribution < -0.4 is 11.1 Å². The molecule has 0 aliphatic heterocycles. The maximum Gasteiger partial charge on any atom is 0.0656 e. The summed E-state index contributed by atoms with van der Waals surface area (Å²) in [7, 11) is 0. The zero-order valence-corrected chi connectivity index (χ0v) is 11.9. The van der Waals surface area contributed by atoms with Gasteiger partial charge >= 0.3 is 0 Å². The van der Waals surface area contributed by atoms with Crippen molar-refractivity contribution < 1.29 is 0 Å². The number of nitrogens with two attached hydrogens (primary N) is 1. The first-order chi connectivity index (χ1) is 8.49. The molecule has 2 nitrogen and oxygen atoms in total. The molecule has 3 N–H and O–H groups in total. The first kappa shape index (κ1) is 13.3. The van der Waals surface area contributed by atoms with E-state index in [1.807, 2.05) is 25.1 Å². The average molecular weight is 302 g/mol. The van der Waals surface area contributed by atoms with Gasteiger partial charge in [-0.25, -0.2) is 0 Å². The van der Waals surface area contributed by atoms with Crippen molar-refractivity contribution in [1.82, 2.24) is 0 Å². The van der Waals surface area contributed by atoms with E-state index in [2.05, 4.69) is 5.32 Å². The van der Waals surface area contributed by atoms with Gasteiger partial charge in [0, 0.05) is 0 Å². The fraction of sp³-hybridized carbons (Fsp3) is 0.0769. The maximum atomic E-state index is 6.10. The van der Waals surface area contributed by atoms with Gasteiger partial charge in [-0.15, -0.1) is 0 Å². The topological polar surface area (TPSA) is 38.0 Å². The molecule has 2 aromatic rings. The van der Waals surface area contributed by atoms with Crippen molar-refractivity contribution in [3.8, 4) is 0 Å². The summed E-state index contributed by atoms with van der Waals surface area (Å²) < 4.78 is 0. The van der Waals surface area contributed by atoms with Crippen molar-refractivity contribution in [1.29, 1.82) is 0 Å². The molecule has 94 valence electrons. The molecule has 0 heterocycles. The average Bonchev–Trinajstić information content (AvgIpc) is 2.32. The molecule has 0 spiro atoms. The highest BCUT2D eigenvalue weighted by Gasteiger charge is 2.08. The van der Waals surface area contributed by atoms with Crippen molar-refractivity contribution in [2.45, 2.75) is 6.92 Å². The van der Waals surface area contributed by atoms with Crippen LogP contribution in [0.4, 0.5) is 17.1 Å². The van der Waals surface area contributed by atoms with Gasteiger partial charge in [0.25, 0.3) is 0 Å². The smallest absolute Gasteiger partial charge is 0.0656 e. The fourth-order valence-corrected chi connectivity index (χ4v) is 2.15. The summed E-state index contributed by atoms with van der Waals surface area (Å²) in [6, 6.07) is 9.01. The van der Waals surface area contributed by atoms with Crippen LogP contribution in [0, 0.1) is 6.92 Å². The van der Waals surface area contributed by atoms with Gasteiger partial charge in [-0.2, -0.15) is 0 Å². The molecule has 2 aromatic carbocycles. The van der Waals surface area contributed by atoms with Gasteiger partial charge in [-0.3, -0.25) is 0 Å². The molecule has 0 bridgehead atoms. The van der Waals surface area contributed by atoms with E-state index in [0.717, 1.165) is 11.3 Å². The molecule has 2 rings (SSSR count). The van der Waals surface area contributed by atoms with Crippen molar-refractivity contribution in [3.63, 3.8) is 0 Å². The van der Waals surface area contributed by atoms with Gasteiger partial charge < -0.3 is 11.1 Å². The predicted octanol–water partition coefficient (Wildman–Crippen LogP) is 5.28. The van der Waals surface area contributed by atoms with E-state index in [1.54, 1.807) is 12.1 Å². The summed E-state index contributed by atoms with van der Waals surface area (Å²) in [5, 5.41) is 4.50. The molecule has 0 amide bonds. The van der Waals surface area contributed by atoms with E-state index < -0.39 is 0 Å². The second kappa shape index (κ2) is 5.27. The van der Waals surface area contributed by atoms with Gasteiger partial charge in [-0.1, -0.05) is 46.9 Å². The number of aryl methyl sites for hydroxylation is 1. The standard InChI is InChI=1S/C13H11Cl3N2/c1-7-3-2-4-11(13(7)17)18-12-6-9(15)8(14)5-10(12)16/h2-6,18H,17H2,1H3. The Labute approximate surface area is 121 Å². The highest BCUT2D eigenvalue weighted by Crippen LogP contribution is 2.35. The summed E-state index contributed by atoms with van der Waals surface area (Å²) in [4.78, 5) is 0. The third-order valence-electron chi connectivity index (χ3n) is 2.60. The van der Waals surface area contributed by atoms with Crippen molar-refractivity contribution in [3.05, 3.63) is 51.0 Å². The monoisotopic (exact) mass is 300 g/mol. The predicted molar refractivity (Wildman–Crippen MR) is 80.3 cm³/mol. The van der Waals surface area contributed by atoms with Crippen molar-refractivity contribution >= 4 is 51.9 Å². The van der Waals surface area contributed by atoms with E-state index in [0.29, 0.717) is 26.4 Å². The van der Waals surface area contributed by atoms with Crippen LogP contribution in [0.5, 0.6) is 0 Å². The molecule has 0 radical (unpaired) electrons. The number of hydrogen-bond acceptors (Lipinski definition) is 2. The number of halogens is 3. The molecule has 0 aliphatic carbocycles. The molecule has 0 saturated carbocycles. The fourth-order valence-electron chi connectivity index (χ4n) is 1.55. The lowest BCUT2D eigenvalue weighted by Gasteiger charge is -2.13. The lowest BCUT2D eigenvalue weighted by Crippen LogP contribution is -1.98. The Morgan fingerprint density at radius 1 is 0.944 bits per heavy atom. The Morgan fingerprint density at radius 2 is 1.61 bits per heavy atom. The Morgan fingerprint density at radius 3 is 2.33 bits per heavy atom. The number of para-hydroxylation sites is 1. The number of rotatable bonds is 2. The van der Waals surface area contributed by atoms with Crippen molar-refractivity contribution in [2.75, 3.05) is 11.1 Å². The molecule has 0 aromatic heterocycles. The second-order valence-corrected chi connectivity index (χ2v) is 5.13. The van der Waals surface area contributed by atoms with Crippen LogP contribution in [0.25, 0.3) is 0 Å². The summed E-state index contributed by atoms with van der Waals surface area (Å²) in [6.45, 7) is 1.94. The minimum atomic E-state index is 0.421. The Kier molecular flexibility index (Phi) is 3.91. The third kappa shape index (κ3) is 2.66. The Bertz CT molecular complexity index is 597. The van der Waals surface area contributed by atoms with Crippen LogP contribution >= 0.6 is 34.8 Å². The quantitative estimate of drug-likeness (QED) is 0.585. The maximum absolute atomic E-state index is 6.10. The molecule has 0 saturated heterocycles. The van der Waals surface area contributed by atoms with Crippen LogP contribution in [0.2, 0.25) is 15.1 Å². The third-order valence-corrected chi connectivity index (χ3v) is 3.64. The van der Waals surface area contributed by atoms with Crippen LogP contribution in [0.15, 0.2) is 30.3 Å². The van der Waals surface area contributed by atoms with Crippen LogP contribution in [0.1, 0.15) is 5.56 Å². The molecule has 0 atom stereocenters. The van der Waals surface area contributed by atoms with E-state index in [4.69, 9.17) is 40.5 Å². The number of anilines is 3. The van der Waals surface area contributed by atoms with E-state index in [1.165, 1.54) is 0 Å². The first-order valence-corrected chi connectivity index (χ1v) is 6.39. The number of nitrogen functional groups attached to an aromatic ring is 1. The van der Waals surface area contributed by atoms with E-state index >= 15 is 0 Å². The normalized spacial score (nSPS) is 10.4. The lowest BCUT2D eigenvalue weighted by atomic mass is 10.1. The molecular weight excluding hydrogens is 291 g/mol. The SMILES string of the molecule is Cc1cccc(Nc2cc(Cl)c(Cl)cc2Cl)c1N. The van der Waals surface area contributed by atoms with Gasteiger partial charge in [0.1, 0.15) is 0 Å². The molecule has 0 fully saturated rings. The molecular formula is C13H11Cl3N2. The van der Waals surface area contributed by atoms with Crippen LogP contribution in [-0.2, 0) is 0 Å². The summed E-state index contributed by atoms with van der Waals surface area (Å²) in [5.74, 6) is 0. The minimum absolute atomic E-state index is 0.421. The van der Waals surface area contributed by atoms with Crippen LogP contribution in [-0.4, -0.2) is 0 Å². The van der Waals surface area contributed by atoms with Gasteiger partial charge in [0.15, 0.2) is 0 Å². The number of benzene rings is 2. The number of hydrogen-bond donors (Lipinski definition) is 2. The van der Waals surface area contributed by atoms with E-state index in [9.17, 15) is 0 Å². The molecule has 0 aliphatic rings. The zero-order valence-electron chi connectivity index (χ0n) is 9.60. The minimum Gasteiger partial charge on any atom is -0.397 e. The summed E-state index contributed by atoms with van der Waals surface area (Å²) in [6.07, 6.45) is 0. The Balaban J connectivity index is 2.40. The summed E-state index contributed by atoms with van der Waals surface area (Å²) >= 11 is 17.9. The van der Waals surface area contributed by atoms with Gasteiger partial charge in [0.05, 0.1) is 32.1 Å². The molecule has 5 heteroatoms. The Hall–Kier alpha value is -1.09.